The Balaban J connectivity index is 1.72. The van der Waals surface area contributed by atoms with Gasteiger partial charge in [-0.1, -0.05) is 24.3 Å². The molecule has 170 valence electrons. The van der Waals surface area contributed by atoms with Crippen LogP contribution in [0.25, 0.3) is 33.3 Å². The van der Waals surface area contributed by atoms with Crippen LogP contribution in [0.4, 0.5) is 8.78 Å². The van der Waals surface area contributed by atoms with E-state index in [1.165, 1.54) is 24.3 Å². The number of nitrogens with two attached hydrogens (primary N) is 2. The Morgan fingerprint density at radius 1 is 0.970 bits per heavy atom. The monoisotopic (exact) mass is 449 g/mol. The van der Waals surface area contributed by atoms with Crippen LogP contribution in [0.3, 0.4) is 0 Å². The summed E-state index contributed by atoms with van der Waals surface area (Å²) in [5.41, 5.74) is 15.8. The van der Waals surface area contributed by atoms with Crippen molar-refractivity contribution in [3.63, 3.8) is 0 Å². The number of rotatable bonds is 8. The van der Waals surface area contributed by atoms with Gasteiger partial charge in [0, 0.05) is 18.2 Å². The summed E-state index contributed by atoms with van der Waals surface area (Å²) in [5, 5.41) is 2.80. The summed E-state index contributed by atoms with van der Waals surface area (Å²) in [6, 6.07) is 15.7. The van der Waals surface area contributed by atoms with Gasteiger partial charge in [0.15, 0.2) is 5.82 Å². The molecule has 0 aliphatic heterocycles. The molecule has 0 aliphatic rings. The van der Waals surface area contributed by atoms with Gasteiger partial charge in [-0.15, -0.1) is 0 Å². The fourth-order valence-electron chi connectivity index (χ4n) is 3.67. The lowest BCUT2D eigenvalue weighted by molar-refractivity contribution is 0.0941. The number of amides is 1. The van der Waals surface area contributed by atoms with Crippen molar-refractivity contribution in [1.82, 2.24) is 15.3 Å². The molecule has 1 aromatic heterocycles. The van der Waals surface area contributed by atoms with E-state index in [9.17, 15) is 13.6 Å². The van der Waals surface area contributed by atoms with Crippen molar-refractivity contribution in [2.24, 2.45) is 11.5 Å². The summed E-state index contributed by atoms with van der Waals surface area (Å²) in [4.78, 5) is 20.3. The second-order valence-electron chi connectivity index (χ2n) is 7.92. The third-order valence-electron chi connectivity index (χ3n) is 5.44. The van der Waals surface area contributed by atoms with Gasteiger partial charge in [-0.05, 0) is 72.5 Å². The molecule has 6 N–H and O–H groups in total. The molecule has 3 aromatic carbocycles. The zero-order valence-corrected chi connectivity index (χ0v) is 17.9. The molecule has 0 saturated carbocycles. The maximum Gasteiger partial charge on any atom is 0.287 e. The van der Waals surface area contributed by atoms with Crippen LogP contribution in [0.2, 0.25) is 0 Å². The minimum atomic E-state index is -0.372. The Labute approximate surface area is 190 Å². The van der Waals surface area contributed by atoms with Crippen LogP contribution in [0.15, 0.2) is 60.7 Å². The number of H-pyrrole nitrogens is 1. The first-order chi connectivity index (χ1) is 15.9. The zero-order chi connectivity index (χ0) is 23.4. The molecule has 0 spiro atoms. The number of hydrogen-bond donors (Lipinski definition) is 4. The van der Waals surface area contributed by atoms with Crippen molar-refractivity contribution in [2.45, 2.75) is 18.9 Å². The van der Waals surface area contributed by atoms with E-state index < -0.39 is 0 Å². The molecule has 8 heteroatoms. The Morgan fingerprint density at radius 2 is 1.61 bits per heavy atom. The number of hydrogen-bond acceptors (Lipinski definition) is 4. The Bertz CT molecular complexity index is 1250. The van der Waals surface area contributed by atoms with Crippen molar-refractivity contribution in [2.75, 3.05) is 13.1 Å². The van der Waals surface area contributed by atoms with Gasteiger partial charge in [0.25, 0.3) is 5.91 Å². The van der Waals surface area contributed by atoms with E-state index in [2.05, 4.69) is 15.3 Å². The third-order valence-corrected chi connectivity index (χ3v) is 5.44. The van der Waals surface area contributed by atoms with E-state index in [0.29, 0.717) is 30.5 Å². The normalized spacial score (nSPS) is 12.1. The summed E-state index contributed by atoms with van der Waals surface area (Å²) < 4.78 is 26.9. The van der Waals surface area contributed by atoms with Crippen LogP contribution in [0.5, 0.6) is 0 Å². The van der Waals surface area contributed by atoms with Crippen LogP contribution >= 0.6 is 0 Å². The summed E-state index contributed by atoms with van der Waals surface area (Å²) in [5.74, 6) is -0.903. The first kappa shape index (κ1) is 22.6. The number of imidazole rings is 1. The molecule has 4 aromatic rings. The Kier molecular flexibility index (Phi) is 6.76. The number of carbonyl (C=O) groups is 1. The molecule has 4 rings (SSSR count). The van der Waals surface area contributed by atoms with Crippen molar-refractivity contribution >= 4 is 16.9 Å². The molecule has 1 unspecified atom stereocenters. The number of nitrogens with zero attached hydrogens (tertiary/aromatic N) is 1. The van der Waals surface area contributed by atoms with E-state index in [4.69, 9.17) is 11.5 Å². The highest BCUT2D eigenvalue weighted by Crippen LogP contribution is 2.33. The second-order valence-corrected chi connectivity index (χ2v) is 7.92. The molecule has 1 amide bonds. The lowest BCUT2D eigenvalue weighted by Gasteiger charge is -2.11. The topological polar surface area (TPSA) is 110 Å². The molecule has 0 aliphatic carbocycles. The highest BCUT2D eigenvalue weighted by atomic mass is 19.1. The van der Waals surface area contributed by atoms with E-state index >= 15 is 0 Å². The highest BCUT2D eigenvalue weighted by Gasteiger charge is 2.17. The Hall–Kier alpha value is -3.62. The number of carbonyl (C=O) groups excluding carboxylic acids is 1. The maximum absolute atomic E-state index is 13.5. The number of aromatic amines is 1. The van der Waals surface area contributed by atoms with Gasteiger partial charge in [0.1, 0.15) is 11.6 Å². The molecular weight excluding hydrogens is 424 g/mol. The van der Waals surface area contributed by atoms with Gasteiger partial charge in [0.2, 0.25) is 0 Å². The van der Waals surface area contributed by atoms with Gasteiger partial charge in [-0.3, -0.25) is 4.79 Å². The molecular formula is C25H25F2N5O. The van der Waals surface area contributed by atoms with Crippen LogP contribution in [0.1, 0.15) is 23.5 Å². The van der Waals surface area contributed by atoms with Crippen molar-refractivity contribution in [3.8, 4) is 22.3 Å². The van der Waals surface area contributed by atoms with Crippen LogP contribution in [-0.2, 0) is 0 Å². The molecule has 0 fully saturated rings. The summed E-state index contributed by atoms with van der Waals surface area (Å²) >= 11 is 0. The van der Waals surface area contributed by atoms with E-state index in [1.807, 2.05) is 12.1 Å². The Morgan fingerprint density at radius 3 is 2.24 bits per heavy atom. The minimum absolute atomic E-state index is 0.149. The average Bonchev–Trinajstić information content (AvgIpc) is 3.26. The van der Waals surface area contributed by atoms with Gasteiger partial charge in [0.05, 0.1) is 11.0 Å². The lowest BCUT2D eigenvalue weighted by Crippen LogP contribution is -2.37. The number of halogens is 2. The SMILES string of the molecule is NCCCC(N)CNC(=O)c1nc2c(-c3ccc(F)cc3)cc(-c3ccc(F)cc3)cc2[nH]1. The van der Waals surface area contributed by atoms with Gasteiger partial charge in [-0.25, -0.2) is 13.8 Å². The maximum atomic E-state index is 13.5. The van der Waals surface area contributed by atoms with E-state index in [1.54, 1.807) is 24.3 Å². The smallest absolute Gasteiger partial charge is 0.287 e. The lowest BCUT2D eigenvalue weighted by atomic mass is 9.97. The molecule has 0 bridgehead atoms. The standard InChI is InChI=1S/C25H25F2N5O/c26-18-7-3-15(4-8-18)17-12-21(16-5-9-19(27)10-6-16)23-22(13-17)31-24(32-23)25(33)30-14-20(29)2-1-11-28/h3-10,12-13,20H,1-2,11,14,28-29H2,(H,30,33)(H,31,32). The molecule has 0 radical (unpaired) electrons. The number of fused-ring (bicyclic) bond motifs is 1. The van der Waals surface area contributed by atoms with Crippen molar-refractivity contribution in [3.05, 3.63) is 78.1 Å². The quantitative estimate of drug-likeness (QED) is 0.326. The number of nitrogens with one attached hydrogen (secondary N) is 2. The predicted molar refractivity (Wildman–Crippen MR) is 125 cm³/mol. The molecule has 1 heterocycles. The summed E-state index contributed by atoms with van der Waals surface area (Å²) in [6.07, 6.45) is 1.50. The van der Waals surface area contributed by atoms with Gasteiger partial charge < -0.3 is 21.8 Å². The molecule has 33 heavy (non-hydrogen) atoms. The minimum Gasteiger partial charge on any atom is -0.348 e. The van der Waals surface area contributed by atoms with Gasteiger partial charge in [-0.2, -0.15) is 0 Å². The largest absolute Gasteiger partial charge is 0.348 e. The third kappa shape index (κ3) is 5.24. The number of benzene rings is 3. The van der Waals surface area contributed by atoms with E-state index in [-0.39, 0.29) is 29.4 Å². The fourth-order valence-corrected chi connectivity index (χ4v) is 3.67. The highest BCUT2D eigenvalue weighted by molar-refractivity contribution is 6.00. The van der Waals surface area contributed by atoms with E-state index in [0.717, 1.165) is 28.7 Å². The second kappa shape index (κ2) is 9.89. The average molecular weight is 450 g/mol. The zero-order valence-electron chi connectivity index (χ0n) is 17.9. The first-order valence-electron chi connectivity index (χ1n) is 10.7. The predicted octanol–water partition coefficient (Wildman–Crippen LogP) is 3.97. The van der Waals surface area contributed by atoms with Crippen LogP contribution < -0.4 is 16.8 Å². The molecule has 6 nitrogen and oxygen atoms in total. The van der Waals surface area contributed by atoms with Crippen molar-refractivity contribution < 1.29 is 13.6 Å². The number of aromatic nitrogens is 2. The van der Waals surface area contributed by atoms with Crippen LogP contribution in [-0.4, -0.2) is 35.0 Å². The van der Waals surface area contributed by atoms with Gasteiger partial charge >= 0.3 is 0 Å². The van der Waals surface area contributed by atoms with Crippen molar-refractivity contribution in [1.29, 1.82) is 0 Å². The molecule has 1 atom stereocenters. The fraction of sp³-hybridized carbons (Fsp3) is 0.200. The first-order valence-corrected chi connectivity index (χ1v) is 10.7. The summed E-state index contributed by atoms with van der Waals surface area (Å²) in [7, 11) is 0. The van der Waals surface area contributed by atoms with Crippen LogP contribution in [0, 0.1) is 11.6 Å². The molecule has 0 saturated heterocycles. The summed E-state index contributed by atoms with van der Waals surface area (Å²) in [6.45, 7) is 0.856.